The second kappa shape index (κ2) is 5.99. The summed E-state index contributed by atoms with van der Waals surface area (Å²) in [5, 5.41) is 14.1. The number of aliphatic hydroxyl groups excluding tert-OH is 1. The van der Waals surface area contributed by atoms with E-state index in [4.69, 9.17) is 0 Å². The van der Waals surface area contributed by atoms with Gasteiger partial charge in [-0.05, 0) is 18.3 Å². The zero-order chi connectivity index (χ0) is 12.1. The zero-order valence-electron chi connectivity index (χ0n) is 10.7. The third-order valence-corrected chi connectivity index (χ3v) is 2.40. The molecule has 16 heavy (non-hydrogen) atoms. The summed E-state index contributed by atoms with van der Waals surface area (Å²) in [5.74, 6) is 1.95. The van der Waals surface area contributed by atoms with Gasteiger partial charge in [-0.2, -0.15) is 5.10 Å². The fraction of sp³-hybridized carbons (Fsp3) is 0.833. The average Bonchev–Trinajstić information content (AvgIpc) is 2.50. The van der Waals surface area contributed by atoms with Crippen LogP contribution >= 0.6 is 0 Å². The molecular weight excluding hydrogens is 202 g/mol. The topological polar surface area (TPSA) is 50.9 Å². The highest BCUT2D eigenvalue weighted by atomic mass is 16.3. The van der Waals surface area contributed by atoms with Gasteiger partial charge in [0.05, 0.1) is 6.10 Å². The van der Waals surface area contributed by atoms with Gasteiger partial charge in [-0.25, -0.2) is 9.67 Å². The lowest BCUT2D eigenvalue weighted by molar-refractivity contribution is 0.145. The van der Waals surface area contributed by atoms with E-state index < -0.39 is 0 Å². The molecule has 1 aromatic heterocycles. The van der Waals surface area contributed by atoms with Crippen molar-refractivity contribution in [2.75, 3.05) is 0 Å². The Hall–Kier alpha value is -0.900. The normalized spacial score (nSPS) is 13.7. The van der Waals surface area contributed by atoms with Crippen LogP contribution in [0, 0.1) is 11.8 Å². The first-order chi connectivity index (χ1) is 7.49. The number of rotatable bonds is 6. The fourth-order valence-electron chi connectivity index (χ4n) is 1.78. The van der Waals surface area contributed by atoms with Gasteiger partial charge < -0.3 is 5.11 Å². The van der Waals surface area contributed by atoms with Crippen LogP contribution in [0.3, 0.4) is 0 Å². The van der Waals surface area contributed by atoms with Crippen LogP contribution < -0.4 is 0 Å². The summed E-state index contributed by atoms with van der Waals surface area (Å²) in [6.45, 7) is 9.39. The van der Waals surface area contributed by atoms with Crippen LogP contribution in [0.15, 0.2) is 6.33 Å². The molecule has 0 saturated heterocycles. The molecule has 1 unspecified atom stereocenters. The fourth-order valence-corrected chi connectivity index (χ4v) is 1.78. The van der Waals surface area contributed by atoms with E-state index in [1.54, 1.807) is 6.33 Å². The summed E-state index contributed by atoms with van der Waals surface area (Å²) in [6, 6.07) is 0. The van der Waals surface area contributed by atoms with Crippen LogP contribution in [0.25, 0.3) is 0 Å². The first-order valence-corrected chi connectivity index (χ1v) is 6.03. The molecule has 0 fully saturated rings. The maximum atomic E-state index is 9.87. The molecular formula is C12H23N3O. The van der Waals surface area contributed by atoms with Crippen molar-refractivity contribution in [3.05, 3.63) is 12.2 Å². The van der Waals surface area contributed by atoms with Crippen molar-refractivity contribution in [2.45, 2.75) is 53.2 Å². The number of aromatic nitrogens is 3. The first-order valence-electron chi connectivity index (χ1n) is 6.03. The summed E-state index contributed by atoms with van der Waals surface area (Å²) in [5.41, 5.74) is 0. The van der Waals surface area contributed by atoms with E-state index in [0.717, 1.165) is 18.8 Å². The van der Waals surface area contributed by atoms with Gasteiger partial charge in [0.2, 0.25) is 0 Å². The summed E-state index contributed by atoms with van der Waals surface area (Å²) >= 11 is 0. The Morgan fingerprint density at radius 2 is 1.94 bits per heavy atom. The van der Waals surface area contributed by atoms with Gasteiger partial charge in [-0.3, -0.25) is 0 Å². The molecule has 0 aliphatic heterocycles. The molecule has 1 atom stereocenters. The summed E-state index contributed by atoms with van der Waals surface area (Å²) in [4.78, 5) is 4.21. The predicted molar refractivity (Wildman–Crippen MR) is 64.0 cm³/mol. The molecule has 1 heterocycles. The monoisotopic (exact) mass is 225 g/mol. The van der Waals surface area contributed by atoms with Crippen molar-refractivity contribution in [2.24, 2.45) is 11.8 Å². The van der Waals surface area contributed by atoms with E-state index >= 15 is 0 Å². The number of nitrogens with zero attached hydrogens (tertiary/aromatic N) is 3. The van der Waals surface area contributed by atoms with Gasteiger partial charge in [0.1, 0.15) is 12.2 Å². The van der Waals surface area contributed by atoms with Gasteiger partial charge in [-0.15, -0.1) is 0 Å². The number of aliphatic hydroxyl groups is 1. The third-order valence-electron chi connectivity index (χ3n) is 2.40. The molecule has 0 aliphatic carbocycles. The maximum absolute atomic E-state index is 9.87. The molecule has 0 saturated carbocycles. The quantitative estimate of drug-likeness (QED) is 0.804. The van der Waals surface area contributed by atoms with Crippen molar-refractivity contribution in [3.8, 4) is 0 Å². The summed E-state index contributed by atoms with van der Waals surface area (Å²) in [6.07, 6.45) is 2.68. The largest absolute Gasteiger partial charge is 0.393 e. The Morgan fingerprint density at radius 1 is 1.25 bits per heavy atom. The van der Waals surface area contributed by atoms with E-state index in [-0.39, 0.29) is 6.10 Å². The molecule has 0 radical (unpaired) electrons. The maximum Gasteiger partial charge on any atom is 0.138 e. The second-order valence-electron chi connectivity index (χ2n) is 5.24. The van der Waals surface area contributed by atoms with Crippen LogP contribution in [0.1, 0.15) is 39.9 Å². The number of hydrogen-bond donors (Lipinski definition) is 1. The Labute approximate surface area is 97.7 Å². The Bertz CT molecular complexity index is 307. The molecule has 4 nitrogen and oxygen atoms in total. The summed E-state index contributed by atoms with van der Waals surface area (Å²) < 4.78 is 1.90. The van der Waals surface area contributed by atoms with Crippen molar-refractivity contribution in [1.29, 1.82) is 0 Å². The van der Waals surface area contributed by atoms with E-state index in [0.29, 0.717) is 18.3 Å². The lowest BCUT2D eigenvalue weighted by Gasteiger charge is -2.14. The highest BCUT2D eigenvalue weighted by Crippen LogP contribution is 2.10. The predicted octanol–water partition coefficient (Wildman–Crippen LogP) is 1.88. The first kappa shape index (κ1) is 13.2. The molecule has 0 amide bonds. The minimum absolute atomic E-state index is 0.310. The van der Waals surface area contributed by atoms with Crippen LogP contribution in [0.5, 0.6) is 0 Å². The third kappa shape index (κ3) is 4.31. The van der Waals surface area contributed by atoms with Gasteiger partial charge >= 0.3 is 0 Å². The number of hydrogen-bond acceptors (Lipinski definition) is 3. The van der Waals surface area contributed by atoms with Gasteiger partial charge in [0.25, 0.3) is 0 Å². The van der Waals surface area contributed by atoms with Crippen LogP contribution in [0.4, 0.5) is 0 Å². The minimum atomic E-state index is -0.310. The molecule has 0 aromatic carbocycles. The second-order valence-corrected chi connectivity index (χ2v) is 5.24. The Kier molecular flexibility index (Phi) is 4.93. The minimum Gasteiger partial charge on any atom is -0.393 e. The highest BCUT2D eigenvalue weighted by Gasteiger charge is 2.13. The lowest BCUT2D eigenvalue weighted by Crippen LogP contribution is -2.18. The Morgan fingerprint density at radius 3 is 2.50 bits per heavy atom. The zero-order valence-corrected chi connectivity index (χ0v) is 10.7. The standard InChI is InChI=1S/C12H23N3O/c1-9(2)5-11(16)6-12-13-8-14-15(12)7-10(3)4/h8-11,16H,5-7H2,1-4H3. The molecule has 4 heteroatoms. The molecule has 0 spiro atoms. The van der Waals surface area contributed by atoms with Gasteiger partial charge in [0, 0.05) is 13.0 Å². The van der Waals surface area contributed by atoms with Crippen molar-refractivity contribution < 1.29 is 5.11 Å². The van der Waals surface area contributed by atoms with Crippen LogP contribution in [0.2, 0.25) is 0 Å². The lowest BCUT2D eigenvalue weighted by atomic mass is 10.0. The van der Waals surface area contributed by atoms with Gasteiger partial charge in [0.15, 0.2) is 0 Å². The van der Waals surface area contributed by atoms with Crippen molar-refractivity contribution in [3.63, 3.8) is 0 Å². The smallest absolute Gasteiger partial charge is 0.138 e. The molecule has 0 bridgehead atoms. The molecule has 1 N–H and O–H groups in total. The van der Waals surface area contributed by atoms with Crippen LogP contribution in [-0.4, -0.2) is 26.0 Å². The SMILES string of the molecule is CC(C)CC(O)Cc1ncnn1CC(C)C. The average molecular weight is 225 g/mol. The van der Waals surface area contributed by atoms with E-state index in [2.05, 4.69) is 37.8 Å². The molecule has 92 valence electrons. The molecule has 1 rings (SSSR count). The van der Waals surface area contributed by atoms with Crippen molar-refractivity contribution in [1.82, 2.24) is 14.8 Å². The van der Waals surface area contributed by atoms with E-state index in [1.165, 1.54) is 0 Å². The Balaban J connectivity index is 2.56. The summed E-state index contributed by atoms with van der Waals surface area (Å²) in [7, 11) is 0. The molecule has 1 aromatic rings. The van der Waals surface area contributed by atoms with E-state index in [1.807, 2.05) is 4.68 Å². The van der Waals surface area contributed by atoms with Gasteiger partial charge in [-0.1, -0.05) is 27.7 Å². The van der Waals surface area contributed by atoms with Crippen molar-refractivity contribution >= 4 is 0 Å². The highest BCUT2D eigenvalue weighted by molar-refractivity contribution is 4.88. The molecule has 0 aliphatic rings. The van der Waals surface area contributed by atoms with Crippen LogP contribution in [-0.2, 0) is 13.0 Å². The van der Waals surface area contributed by atoms with E-state index in [9.17, 15) is 5.11 Å².